The molecule has 0 fully saturated rings. The van der Waals surface area contributed by atoms with Crippen molar-refractivity contribution in [3.63, 3.8) is 0 Å². The maximum atomic E-state index is 13.9. The number of thiazole rings is 1. The zero-order chi connectivity index (χ0) is 27.4. The van der Waals surface area contributed by atoms with Crippen molar-refractivity contribution >= 4 is 40.0 Å². The number of carbonyl (C=O) groups is 1. The molecule has 0 radical (unpaired) electrons. The largest absolute Gasteiger partial charge is 0.573 e. The van der Waals surface area contributed by atoms with E-state index in [1.54, 1.807) is 0 Å². The Kier molecular flexibility index (Phi) is 8.37. The van der Waals surface area contributed by atoms with Gasteiger partial charge in [-0.05, 0) is 40.8 Å². The van der Waals surface area contributed by atoms with Gasteiger partial charge in [0.05, 0.1) is 5.69 Å². The van der Waals surface area contributed by atoms with Gasteiger partial charge in [0.2, 0.25) is 0 Å². The van der Waals surface area contributed by atoms with Crippen LogP contribution in [0.5, 0.6) is 5.75 Å². The standard InChI is InChI=1S/C19H16ClF5N6O5S/c1-10-26-8-14(31(33)34)30(10)6-7-35-17(32)29-15(18(20,21)22)28-16-27-13(9-37-16)11-2-4-12(5-3-11)36-19(23,24)25/h2-5,8-9,15H,6-7H2,1H3,(H,27,28)(H,29,32). The van der Waals surface area contributed by atoms with E-state index in [4.69, 9.17) is 16.3 Å². The summed E-state index contributed by atoms with van der Waals surface area (Å²) in [5, 5.41) is 12.4. The molecule has 11 nitrogen and oxygen atoms in total. The van der Waals surface area contributed by atoms with E-state index in [9.17, 15) is 36.9 Å². The summed E-state index contributed by atoms with van der Waals surface area (Å²) in [4.78, 5) is 30.2. The topological polar surface area (TPSA) is 133 Å². The molecule has 18 heteroatoms. The second-order valence-corrected chi connectivity index (χ2v) is 8.44. The molecule has 0 spiro atoms. The molecule has 2 N–H and O–H groups in total. The van der Waals surface area contributed by atoms with Crippen LogP contribution in [-0.4, -0.2) is 50.1 Å². The number of ether oxygens (including phenoxy) is 2. The number of nitrogens with one attached hydrogen (secondary N) is 2. The van der Waals surface area contributed by atoms with Crippen LogP contribution in [0, 0.1) is 17.0 Å². The number of anilines is 1. The fourth-order valence-electron chi connectivity index (χ4n) is 2.89. The average molecular weight is 571 g/mol. The van der Waals surface area contributed by atoms with Crippen LogP contribution in [0.3, 0.4) is 0 Å². The normalized spacial score (nSPS) is 12.6. The van der Waals surface area contributed by atoms with Gasteiger partial charge in [-0.25, -0.2) is 19.3 Å². The number of amides is 1. The summed E-state index contributed by atoms with van der Waals surface area (Å²) in [5.74, 6) is -0.507. The third-order valence-electron chi connectivity index (χ3n) is 4.51. The number of nitro groups is 1. The van der Waals surface area contributed by atoms with E-state index in [1.165, 1.54) is 24.4 Å². The van der Waals surface area contributed by atoms with E-state index >= 15 is 0 Å². The third-order valence-corrected chi connectivity index (χ3v) is 5.51. The first-order chi connectivity index (χ1) is 17.2. The van der Waals surface area contributed by atoms with Gasteiger partial charge in [0.15, 0.2) is 17.1 Å². The molecule has 1 aromatic carbocycles. The van der Waals surface area contributed by atoms with Gasteiger partial charge < -0.3 is 24.9 Å². The van der Waals surface area contributed by atoms with Gasteiger partial charge in [-0.2, -0.15) is 8.78 Å². The number of halogens is 6. The zero-order valence-electron chi connectivity index (χ0n) is 18.5. The number of imidazole rings is 1. The lowest BCUT2D eigenvalue weighted by atomic mass is 10.2. The van der Waals surface area contributed by atoms with Crippen molar-refractivity contribution in [2.45, 2.75) is 31.4 Å². The monoisotopic (exact) mass is 570 g/mol. The van der Waals surface area contributed by atoms with Crippen molar-refractivity contribution in [2.75, 3.05) is 11.9 Å². The molecule has 0 saturated carbocycles. The summed E-state index contributed by atoms with van der Waals surface area (Å²) in [5.41, 5.74) is 0.604. The lowest BCUT2D eigenvalue weighted by Gasteiger charge is -2.23. The van der Waals surface area contributed by atoms with E-state index in [0.29, 0.717) is 5.56 Å². The number of nitrogens with zero attached hydrogens (tertiary/aromatic N) is 4. The number of benzene rings is 1. The molecule has 2 aromatic heterocycles. The minimum Gasteiger partial charge on any atom is -0.445 e. The minimum atomic E-state index is -4.86. The van der Waals surface area contributed by atoms with E-state index in [0.717, 1.165) is 34.2 Å². The molecule has 2 heterocycles. The first kappa shape index (κ1) is 27.9. The number of hydrogen-bond acceptors (Lipinski definition) is 9. The zero-order valence-corrected chi connectivity index (χ0v) is 20.0. The molecular weight excluding hydrogens is 555 g/mol. The van der Waals surface area contributed by atoms with Crippen LogP contribution in [0.4, 0.5) is 37.7 Å². The van der Waals surface area contributed by atoms with Crippen LogP contribution in [0.2, 0.25) is 0 Å². The highest BCUT2D eigenvalue weighted by Gasteiger charge is 2.39. The molecule has 3 aromatic rings. The van der Waals surface area contributed by atoms with Crippen LogP contribution in [0.1, 0.15) is 5.82 Å². The molecule has 0 saturated heterocycles. The smallest absolute Gasteiger partial charge is 0.445 e. The highest BCUT2D eigenvalue weighted by molar-refractivity contribution is 7.14. The number of carbonyl (C=O) groups excluding carboxylic acids is 1. The maximum absolute atomic E-state index is 13.9. The van der Waals surface area contributed by atoms with Gasteiger partial charge in [0.25, 0.3) is 0 Å². The number of alkyl carbamates (subject to hydrolysis) is 1. The van der Waals surface area contributed by atoms with Crippen molar-refractivity contribution in [3.8, 4) is 17.0 Å². The molecule has 1 unspecified atom stereocenters. The summed E-state index contributed by atoms with van der Waals surface area (Å²) in [6, 6.07) is 4.69. The number of alkyl halides is 6. The first-order valence-corrected chi connectivity index (χ1v) is 11.2. The van der Waals surface area contributed by atoms with E-state index in [-0.39, 0.29) is 29.0 Å². The highest BCUT2D eigenvalue weighted by atomic mass is 35.5. The van der Waals surface area contributed by atoms with Gasteiger partial charge in [-0.3, -0.25) is 5.32 Å². The fourth-order valence-corrected chi connectivity index (χ4v) is 3.75. The van der Waals surface area contributed by atoms with Crippen molar-refractivity contribution in [1.82, 2.24) is 19.9 Å². The van der Waals surface area contributed by atoms with Crippen molar-refractivity contribution in [1.29, 1.82) is 0 Å². The SMILES string of the molecule is Cc1ncc([N+](=O)[O-])n1CCOC(=O)NC(Nc1nc(-c2ccc(OC(F)(F)F)cc2)cs1)C(F)(F)Cl. The first-order valence-electron chi connectivity index (χ1n) is 9.97. The van der Waals surface area contributed by atoms with Crippen LogP contribution in [0.25, 0.3) is 11.3 Å². The quantitative estimate of drug-likeness (QED) is 0.113. The third kappa shape index (κ3) is 7.88. The Morgan fingerprint density at radius 2 is 1.95 bits per heavy atom. The number of rotatable bonds is 10. The van der Waals surface area contributed by atoms with Crippen LogP contribution in [0.15, 0.2) is 35.8 Å². The molecular formula is C19H16ClF5N6O5S. The lowest BCUT2D eigenvalue weighted by Crippen LogP contribution is -2.50. The summed E-state index contributed by atoms with van der Waals surface area (Å²) >= 11 is 5.96. The van der Waals surface area contributed by atoms with Crippen LogP contribution >= 0.6 is 22.9 Å². The van der Waals surface area contributed by atoms with Crippen molar-refractivity contribution < 1.29 is 41.1 Å². The summed E-state index contributed by atoms with van der Waals surface area (Å²) in [6.45, 7) is 0.932. The van der Waals surface area contributed by atoms with Gasteiger partial charge in [-0.1, -0.05) is 0 Å². The molecule has 0 aliphatic carbocycles. The Hall–Kier alpha value is -3.73. The van der Waals surface area contributed by atoms with E-state index in [1.807, 2.05) is 5.32 Å². The second-order valence-electron chi connectivity index (χ2n) is 7.08. The molecule has 1 amide bonds. The van der Waals surface area contributed by atoms with Crippen LogP contribution in [-0.2, 0) is 11.3 Å². The second kappa shape index (κ2) is 11.1. The predicted molar refractivity (Wildman–Crippen MR) is 121 cm³/mol. The number of aryl methyl sites for hydroxylation is 1. The van der Waals surface area contributed by atoms with Crippen molar-refractivity contribution in [3.05, 3.63) is 51.8 Å². The maximum Gasteiger partial charge on any atom is 0.573 e. The Balaban J connectivity index is 1.60. The molecule has 37 heavy (non-hydrogen) atoms. The number of hydrogen-bond donors (Lipinski definition) is 2. The molecule has 3 rings (SSSR count). The lowest BCUT2D eigenvalue weighted by molar-refractivity contribution is -0.392. The summed E-state index contributed by atoms with van der Waals surface area (Å²) in [7, 11) is 0. The molecule has 200 valence electrons. The molecule has 0 bridgehead atoms. The predicted octanol–water partition coefficient (Wildman–Crippen LogP) is 5.12. The molecule has 1 atom stereocenters. The molecule has 0 aliphatic heterocycles. The summed E-state index contributed by atoms with van der Waals surface area (Å²) < 4.78 is 74.4. The Bertz CT molecular complexity index is 1250. The average Bonchev–Trinajstić information content (AvgIpc) is 3.39. The molecule has 0 aliphatic rings. The van der Waals surface area contributed by atoms with Gasteiger partial charge in [-0.15, -0.1) is 24.5 Å². The Morgan fingerprint density at radius 3 is 2.54 bits per heavy atom. The summed E-state index contributed by atoms with van der Waals surface area (Å²) in [6.07, 6.45) is -7.30. The van der Waals surface area contributed by atoms with Gasteiger partial charge in [0, 0.05) is 17.9 Å². The van der Waals surface area contributed by atoms with Crippen molar-refractivity contribution in [2.24, 2.45) is 0 Å². The fraction of sp³-hybridized carbons (Fsp3) is 0.316. The minimum absolute atomic E-state index is 0.0964. The Morgan fingerprint density at radius 1 is 1.27 bits per heavy atom. The highest BCUT2D eigenvalue weighted by Crippen LogP contribution is 2.31. The van der Waals surface area contributed by atoms with Crippen LogP contribution < -0.4 is 15.4 Å². The Labute approximate surface area is 213 Å². The van der Waals surface area contributed by atoms with Gasteiger partial charge in [0.1, 0.15) is 25.1 Å². The van der Waals surface area contributed by atoms with E-state index in [2.05, 4.69) is 20.0 Å². The van der Waals surface area contributed by atoms with E-state index < -0.39 is 41.3 Å². The van der Waals surface area contributed by atoms with Gasteiger partial charge >= 0.3 is 23.7 Å². The number of aromatic nitrogens is 3.